The number of imidazole rings is 1. The Kier molecular flexibility index (Phi) is 4.75. The molecule has 1 saturated heterocycles. The van der Waals surface area contributed by atoms with Crippen molar-refractivity contribution in [2.45, 2.75) is 19.5 Å². The molecule has 2 heterocycles. The molecule has 0 amide bonds. The van der Waals surface area contributed by atoms with Crippen molar-refractivity contribution >= 4 is 22.6 Å². The van der Waals surface area contributed by atoms with Gasteiger partial charge in [-0.05, 0) is 30.7 Å². The molecule has 1 fully saturated rings. The molecule has 1 atom stereocenters. The molecule has 25 heavy (non-hydrogen) atoms. The smallest absolute Gasteiger partial charge is 0.127 e. The summed E-state index contributed by atoms with van der Waals surface area (Å²) < 4.78 is 7.80. The van der Waals surface area contributed by atoms with Crippen molar-refractivity contribution < 1.29 is 4.74 Å². The van der Waals surface area contributed by atoms with Gasteiger partial charge in [-0.2, -0.15) is 0 Å². The number of benzene rings is 2. The summed E-state index contributed by atoms with van der Waals surface area (Å²) >= 11 is 6.41. The molecule has 5 heteroatoms. The van der Waals surface area contributed by atoms with Gasteiger partial charge in [0.2, 0.25) is 0 Å². The van der Waals surface area contributed by atoms with Gasteiger partial charge in [0.05, 0.1) is 36.8 Å². The first-order valence-corrected chi connectivity index (χ1v) is 9.12. The van der Waals surface area contributed by atoms with Crippen LogP contribution in [0.4, 0.5) is 0 Å². The fourth-order valence-corrected chi connectivity index (χ4v) is 3.70. The second-order valence-electron chi connectivity index (χ2n) is 6.46. The van der Waals surface area contributed by atoms with Crippen LogP contribution in [0.3, 0.4) is 0 Å². The maximum Gasteiger partial charge on any atom is 0.127 e. The highest BCUT2D eigenvalue weighted by atomic mass is 35.5. The van der Waals surface area contributed by atoms with E-state index in [4.69, 9.17) is 21.3 Å². The predicted molar refractivity (Wildman–Crippen MR) is 101 cm³/mol. The van der Waals surface area contributed by atoms with Crippen molar-refractivity contribution in [3.63, 3.8) is 0 Å². The third kappa shape index (κ3) is 3.30. The second-order valence-corrected chi connectivity index (χ2v) is 6.87. The van der Waals surface area contributed by atoms with Gasteiger partial charge >= 0.3 is 0 Å². The van der Waals surface area contributed by atoms with Gasteiger partial charge in [-0.15, -0.1) is 0 Å². The first-order valence-electron chi connectivity index (χ1n) is 8.74. The summed E-state index contributed by atoms with van der Waals surface area (Å²) in [6.45, 7) is 6.41. The minimum atomic E-state index is 0.235. The highest BCUT2D eigenvalue weighted by Gasteiger charge is 2.24. The number of morpholine rings is 1. The van der Waals surface area contributed by atoms with E-state index < -0.39 is 0 Å². The molecule has 0 radical (unpaired) electrons. The lowest BCUT2D eigenvalue weighted by molar-refractivity contribution is 0.0177. The standard InChI is InChI=1S/C20H22ClN3O/c1-15(23-10-12-25-13-11-23)20-22-18-8-4-5-9-19(18)24(20)14-16-6-2-3-7-17(16)21/h2-9,15H,10-14H2,1H3/t15-/m0/s1. The Bertz CT molecular complexity index is 870. The Labute approximate surface area is 153 Å². The van der Waals surface area contributed by atoms with Crippen molar-refractivity contribution in [2.75, 3.05) is 26.3 Å². The maximum absolute atomic E-state index is 6.41. The molecule has 1 aliphatic heterocycles. The Hall–Kier alpha value is -1.88. The van der Waals surface area contributed by atoms with Crippen molar-refractivity contribution in [3.8, 4) is 0 Å². The Morgan fingerprint density at radius 2 is 1.80 bits per heavy atom. The van der Waals surface area contributed by atoms with E-state index in [1.807, 2.05) is 24.3 Å². The summed E-state index contributed by atoms with van der Waals surface area (Å²) in [6, 6.07) is 16.6. The fourth-order valence-electron chi connectivity index (χ4n) is 3.50. The average Bonchev–Trinajstić information content (AvgIpc) is 3.02. The summed E-state index contributed by atoms with van der Waals surface area (Å²) in [5.74, 6) is 1.09. The van der Waals surface area contributed by atoms with Crippen LogP contribution in [0.5, 0.6) is 0 Å². The fraction of sp³-hybridized carbons (Fsp3) is 0.350. The minimum absolute atomic E-state index is 0.235. The predicted octanol–water partition coefficient (Wildman–Crippen LogP) is 4.13. The van der Waals surface area contributed by atoms with Gasteiger partial charge in [0.25, 0.3) is 0 Å². The van der Waals surface area contributed by atoms with Gasteiger partial charge in [0.15, 0.2) is 0 Å². The van der Waals surface area contributed by atoms with Gasteiger partial charge < -0.3 is 9.30 Å². The molecule has 4 rings (SSSR count). The second kappa shape index (κ2) is 7.16. The third-order valence-electron chi connectivity index (χ3n) is 4.94. The highest BCUT2D eigenvalue weighted by Crippen LogP contribution is 2.27. The minimum Gasteiger partial charge on any atom is -0.379 e. The number of rotatable bonds is 4. The normalized spacial score (nSPS) is 17.0. The molecule has 0 aliphatic carbocycles. The Morgan fingerprint density at radius 1 is 1.08 bits per heavy atom. The van der Waals surface area contributed by atoms with E-state index >= 15 is 0 Å². The Morgan fingerprint density at radius 3 is 2.60 bits per heavy atom. The van der Waals surface area contributed by atoms with Crippen molar-refractivity contribution in [1.29, 1.82) is 0 Å². The molecule has 0 bridgehead atoms. The number of ether oxygens (including phenoxy) is 1. The van der Waals surface area contributed by atoms with Crippen LogP contribution >= 0.6 is 11.6 Å². The van der Waals surface area contributed by atoms with E-state index in [0.717, 1.165) is 60.3 Å². The van der Waals surface area contributed by atoms with Gasteiger partial charge in [0, 0.05) is 18.1 Å². The molecule has 2 aromatic carbocycles. The van der Waals surface area contributed by atoms with Gasteiger partial charge in [-0.1, -0.05) is 41.9 Å². The zero-order chi connectivity index (χ0) is 17.2. The van der Waals surface area contributed by atoms with Crippen LogP contribution in [-0.4, -0.2) is 40.8 Å². The lowest BCUT2D eigenvalue weighted by Crippen LogP contribution is -2.39. The monoisotopic (exact) mass is 355 g/mol. The number of hydrogen-bond acceptors (Lipinski definition) is 3. The van der Waals surface area contributed by atoms with Crippen LogP contribution < -0.4 is 0 Å². The molecule has 0 N–H and O–H groups in total. The van der Waals surface area contributed by atoms with Crippen LogP contribution in [0, 0.1) is 0 Å². The summed E-state index contributed by atoms with van der Waals surface area (Å²) in [5.41, 5.74) is 3.30. The zero-order valence-electron chi connectivity index (χ0n) is 14.4. The molecule has 130 valence electrons. The van der Waals surface area contributed by atoms with E-state index in [2.05, 4.69) is 40.7 Å². The summed E-state index contributed by atoms with van der Waals surface area (Å²) in [5, 5.41) is 0.797. The van der Waals surface area contributed by atoms with Crippen LogP contribution in [0.25, 0.3) is 11.0 Å². The van der Waals surface area contributed by atoms with E-state index in [1.165, 1.54) is 0 Å². The number of nitrogens with zero attached hydrogens (tertiary/aromatic N) is 3. The molecule has 0 unspecified atom stereocenters. The van der Waals surface area contributed by atoms with Gasteiger partial charge in [0.1, 0.15) is 5.82 Å². The van der Waals surface area contributed by atoms with Crippen LogP contribution in [0.1, 0.15) is 24.4 Å². The molecule has 1 aliphatic rings. The molecule has 0 saturated carbocycles. The largest absolute Gasteiger partial charge is 0.379 e. The quantitative estimate of drug-likeness (QED) is 0.705. The molecule has 1 aromatic heterocycles. The topological polar surface area (TPSA) is 30.3 Å². The first kappa shape index (κ1) is 16.6. The van der Waals surface area contributed by atoms with Gasteiger partial charge in [-0.3, -0.25) is 4.90 Å². The molecular formula is C20H22ClN3O. The number of fused-ring (bicyclic) bond motifs is 1. The average molecular weight is 356 g/mol. The summed E-state index contributed by atoms with van der Waals surface area (Å²) in [7, 11) is 0. The zero-order valence-corrected chi connectivity index (χ0v) is 15.1. The number of aromatic nitrogens is 2. The molecule has 3 aromatic rings. The third-order valence-corrected chi connectivity index (χ3v) is 5.31. The van der Waals surface area contributed by atoms with E-state index in [9.17, 15) is 0 Å². The highest BCUT2D eigenvalue weighted by molar-refractivity contribution is 6.31. The van der Waals surface area contributed by atoms with E-state index in [1.54, 1.807) is 0 Å². The van der Waals surface area contributed by atoms with E-state index in [-0.39, 0.29) is 6.04 Å². The lowest BCUT2D eigenvalue weighted by Gasteiger charge is -2.32. The van der Waals surface area contributed by atoms with Crippen LogP contribution in [0.15, 0.2) is 48.5 Å². The molecule has 0 spiro atoms. The molecular weight excluding hydrogens is 334 g/mol. The number of hydrogen-bond donors (Lipinski definition) is 0. The number of halogens is 1. The van der Waals surface area contributed by atoms with E-state index in [0.29, 0.717) is 0 Å². The summed E-state index contributed by atoms with van der Waals surface area (Å²) in [6.07, 6.45) is 0. The SMILES string of the molecule is C[C@@H](c1nc2ccccc2n1Cc1ccccc1Cl)N1CCOCC1. The van der Waals surface area contributed by atoms with Crippen LogP contribution in [0.2, 0.25) is 5.02 Å². The molecule has 4 nitrogen and oxygen atoms in total. The van der Waals surface area contributed by atoms with Crippen molar-refractivity contribution in [1.82, 2.24) is 14.5 Å². The first-order chi connectivity index (χ1) is 12.2. The Balaban J connectivity index is 1.76. The summed E-state index contributed by atoms with van der Waals surface area (Å²) in [4.78, 5) is 7.39. The van der Waals surface area contributed by atoms with Crippen molar-refractivity contribution in [2.24, 2.45) is 0 Å². The van der Waals surface area contributed by atoms with Crippen molar-refractivity contribution in [3.05, 3.63) is 64.9 Å². The maximum atomic E-state index is 6.41. The van der Waals surface area contributed by atoms with Gasteiger partial charge in [-0.25, -0.2) is 4.98 Å². The lowest BCUT2D eigenvalue weighted by atomic mass is 10.2. The number of para-hydroxylation sites is 2. The van der Waals surface area contributed by atoms with Crippen LogP contribution in [-0.2, 0) is 11.3 Å².